The van der Waals surface area contributed by atoms with E-state index in [0.29, 0.717) is 16.6 Å². The number of halogens is 2. The molecule has 0 spiro atoms. The lowest BCUT2D eigenvalue weighted by Crippen LogP contribution is -2.31. The van der Waals surface area contributed by atoms with Crippen molar-refractivity contribution in [1.29, 1.82) is 0 Å². The summed E-state index contributed by atoms with van der Waals surface area (Å²) in [5, 5.41) is 16.6. The molecule has 9 heteroatoms. The van der Waals surface area contributed by atoms with Gasteiger partial charge in [-0.15, -0.1) is 0 Å². The minimum Gasteiger partial charge on any atom is -0.394 e. The van der Waals surface area contributed by atoms with Crippen LogP contribution in [0.3, 0.4) is 0 Å². The minimum absolute atomic E-state index is 0.00204. The largest absolute Gasteiger partial charge is 0.394 e. The van der Waals surface area contributed by atoms with Gasteiger partial charge in [-0.1, -0.05) is 5.16 Å². The predicted octanol–water partition coefficient (Wildman–Crippen LogP) is 2.96. The van der Waals surface area contributed by atoms with E-state index in [1.807, 2.05) is 0 Å². The van der Waals surface area contributed by atoms with Crippen LogP contribution >= 0.6 is 0 Å². The van der Waals surface area contributed by atoms with E-state index in [2.05, 4.69) is 20.4 Å². The molecule has 142 valence electrons. The molecule has 0 bridgehead atoms. The fourth-order valence-electron chi connectivity index (χ4n) is 2.74. The zero-order valence-corrected chi connectivity index (χ0v) is 14.3. The number of H-pyrrole nitrogens is 1. The Kier molecular flexibility index (Phi) is 4.58. The van der Waals surface area contributed by atoms with Crippen molar-refractivity contribution in [2.75, 3.05) is 6.61 Å². The van der Waals surface area contributed by atoms with Crippen LogP contribution in [0.15, 0.2) is 53.1 Å². The van der Waals surface area contributed by atoms with Gasteiger partial charge in [0.25, 0.3) is 11.8 Å². The summed E-state index contributed by atoms with van der Waals surface area (Å²) in [5.74, 6) is -1.16. The lowest BCUT2D eigenvalue weighted by atomic mass is 10.2. The van der Waals surface area contributed by atoms with Crippen molar-refractivity contribution < 1.29 is 23.2 Å². The number of hydrogen-bond acceptors (Lipinski definition) is 5. The third-order valence-corrected chi connectivity index (χ3v) is 4.16. The smallest absolute Gasteiger partial charge is 0.251 e. The molecule has 1 amide bonds. The molecule has 0 unspecified atom stereocenters. The molecule has 0 fully saturated rings. The van der Waals surface area contributed by atoms with Gasteiger partial charge in [-0.3, -0.25) is 4.79 Å². The Morgan fingerprint density at radius 3 is 2.64 bits per heavy atom. The van der Waals surface area contributed by atoms with E-state index in [9.17, 15) is 18.7 Å². The van der Waals surface area contributed by atoms with Crippen LogP contribution in [0.25, 0.3) is 22.4 Å². The number of hydrogen-bond donors (Lipinski definition) is 3. The number of carbonyl (C=O) groups is 1. The lowest BCUT2D eigenvalue weighted by molar-refractivity contribution is 0.0901. The molecule has 2 aromatic carbocycles. The quantitative estimate of drug-likeness (QED) is 0.491. The van der Waals surface area contributed by atoms with E-state index in [1.54, 1.807) is 12.1 Å². The van der Waals surface area contributed by atoms with Gasteiger partial charge in [-0.05, 0) is 48.5 Å². The number of aliphatic hydroxyl groups excluding tert-OH is 1. The molecule has 0 saturated heterocycles. The molecule has 0 saturated carbocycles. The molecule has 0 radical (unpaired) electrons. The molecule has 0 aliphatic rings. The number of nitrogens with zero attached hydrogens (tertiary/aromatic N) is 2. The molecular formula is C19H14F2N4O3. The van der Waals surface area contributed by atoms with E-state index < -0.39 is 24.4 Å². The highest BCUT2D eigenvalue weighted by molar-refractivity contribution is 5.94. The van der Waals surface area contributed by atoms with Gasteiger partial charge in [0, 0.05) is 16.5 Å². The first kappa shape index (κ1) is 17.8. The van der Waals surface area contributed by atoms with Crippen LogP contribution in [-0.4, -0.2) is 32.7 Å². The molecule has 4 rings (SSSR count). The molecule has 0 aliphatic heterocycles. The minimum atomic E-state index is -0.944. The van der Waals surface area contributed by atoms with Crippen LogP contribution in [-0.2, 0) is 0 Å². The summed E-state index contributed by atoms with van der Waals surface area (Å²) in [4.78, 5) is 19.5. The molecule has 1 atom stereocenters. The van der Waals surface area contributed by atoms with E-state index in [4.69, 9.17) is 4.52 Å². The summed E-state index contributed by atoms with van der Waals surface area (Å²) in [7, 11) is 0. The third-order valence-electron chi connectivity index (χ3n) is 4.16. The standard InChI is InChI=1S/C19H14F2N4O3/c20-12-3-1-10(2-4-12)18(27)23-16(9-26)19-24-17(25-28-19)15-8-11-7-13(21)5-6-14(11)22-15/h1-8,16,22,26H,9H2,(H,23,27)/t16-/m0/s1. The summed E-state index contributed by atoms with van der Waals surface area (Å²) in [6, 6.07) is 9.98. The molecule has 3 N–H and O–H groups in total. The van der Waals surface area contributed by atoms with Crippen molar-refractivity contribution in [3.63, 3.8) is 0 Å². The van der Waals surface area contributed by atoms with Crippen LogP contribution in [0.1, 0.15) is 22.3 Å². The Labute approximate surface area is 157 Å². The van der Waals surface area contributed by atoms with Gasteiger partial charge in [-0.25, -0.2) is 8.78 Å². The number of aromatic amines is 1. The fraction of sp³-hybridized carbons (Fsp3) is 0.105. The number of fused-ring (bicyclic) bond motifs is 1. The predicted molar refractivity (Wildman–Crippen MR) is 95.2 cm³/mol. The average molecular weight is 384 g/mol. The lowest BCUT2D eigenvalue weighted by Gasteiger charge is -2.12. The van der Waals surface area contributed by atoms with Crippen LogP contribution in [0, 0.1) is 11.6 Å². The van der Waals surface area contributed by atoms with E-state index >= 15 is 0 Å². The van der Waals surface area contributed by atoms with Gasteiger partial charge in [0.15, 0.2) is 0 Å². The fourth-order valence-corrected chi connectivity index (χ4v) is 2.74. The van der Waals surface area contributed by atoms with Crippen LogP contribution in [0.2, 0.25) is 0 Å². The van der Waals surface area contributed by atoms with Gasteiger partial charge in [-0.2, -0.15) is 4.98 Å². The molecule has 2 heterocycles. The summed E-state index contributed by atoms with van der Waals surface area (Å²) < 4.78 is 31.5. The maximum atomic E-state index is 13.3. The average Bonchev–Trinajstić information content (AvgIpc) is 3.33. The topological polar surface area (TPSA) is 104 Å². The Morgan fingerprint density at radius 2 is 1.89 bits per heavy atom. The summed E-state index contributed by atoms with van der Waals surface area (Å²) in [6.45, 7) is -0.480. The van der Waals surface area contributed by atoms with Gasteiger partial charge >= 0.3 is 0 Å². The number of aliphatic hydroxyl groups is 1. The molecule has 4 aromatic rings. The van der Waals surface area contributed by atoms with Crippen molar-refractivity contribution in [1.82, 2.24) is 20.4 Å². The maximum absolute atomic E-state index is 13.3. The second-order valence-electron chi connectivity index (χ2n) is 6.09. The van der Waals surface area contributed by atoms with Crippen LogP contribution in [0.5, 0.6) is 0 Å². The van der Waals surface area contributed by atoms with Gasteiger partial charge in [0.2, 0.25) is 5.82 Å². The highest BCUT2D eigenvalue weighted by atomic mass is 19.1. The summed E-state index contributed by atoms with van der Waals surface area (Å²) in [6.07, 6.45) is 0. The molecule has 7 nitrogen and oxygen atoms in total. The highest BCUT2D eigenvalue weighted by Crippen LogP contribution is 2.24. The van der Waals surface area contributed by atoms with Crippen LogP contribution < -0.4 is 5.32 Å². The van der Waals surface area contributed by atoms with Crippen molar-refractivity contribution in [3.05, 3.63) is 71.6 Å². The number of carbonyl (C=O) groups excluding carboxylic acids is 1. The normalized spacial score (nSPS) is 12.2. The van der Waals surface area contributed by atoms with Gasteiger partial charge in [0.1, 0.15) is 17.7 Å². The third kappa shape index (κ3) is 3.47. The zero-order valence-electron chi connectivity index (χ0n) is 14.3. The summed E-state index contributed by atoms with van der Waals surface area (Å²) >= 11 is 0. The SMILES string of the molecule is O=C(N[C@@H](CO)c1nc(-c2cc3cc(F)ccc3[nH]2)no1)c1ccc(F)cc1. The highest BCUT2D eigenvalue weighted by Gasteiger charge is 2.22. The molecule has 0 aliphatic carbocycles. The van der Waals surface area contributed by atoms with Crippen molar-refractivity contribution in [2.45, 2.75) is 6.04 Å². The summed E-state index contributed by atoms with van der Waals surface area (Å²) in [5.41, 5.74) is 1.42. The van der Waals surface area contributed by atoms with E-state index in [-0.39, 0.29) is 23.1 Å². The second kappa shape index (κ2) is 7.20. The Balaban J connectivity index is 1.55. The number of benzene rings is 2. The van der Waals surface area contributed by atoms with Gasteiger partial charge < -0.3 is 19.9 Å². The van der Waals surface area contributed by atoms with E-state index in [0.717, 1.165) is 12.1 Å². The van der Waals surface area contributed by atoms with Crippen molar-refractivity contribution in [2.24, 2.45) is 0 Å². The Bertz CT molecular complexity index is 1140. The van der Waals surface area contributed by atoms with E-state index in [1.165, 1.54) is 24.3 Å². The van der Waals surface area contributed by atoms with Crippen LogP contribution in [0.4, 0.5) is 8.78 Å². The number of rotatable bonds is 5. The van der Waals surface area contributed by atoms with Crippen molar-refractivity contribution >= 4 is 16.8 Å². The number of amides is 1. The Morgan fingerprint density at radius 1 is 1.14 bits per heavy atom. The Hall–Kier alpha value is -3.59. The number of aromatic nitrogens is 3. The number of nitrogens with one attached hydrogen (secondary N) is 2. The van der Waals surface area contributed by atoms with Gasteiger partial charge in [0.05, 0.1) is 12.3 Å². The molecular weight excluding hydrogens is 370 g/mol. The van der Waals surface area contributed by atoms with Crippen molar-refractivity contribution in [3.8, 4) is 11.5 Å². The molecule has 28 heavy (non-hydrogen) atoms. The first-order chi connectivity index (χ1) is 13.5. The zero-order chi connectivity index (χ0) is 19.7. The second-order valence-corrected chi connectivity index (χ2v) is 6.09. The molecule has 2 aromatic heterocycles. The monoisotopic (exact) mass is 384 g/mol. The maximum Gasteiger partial charge on any atom is 0.251 e. The first-order valence-electron chi connectivity index (χ1n) is 8.33. The first-order valence-corrected chi connectivity index (χ1v) is 8.33.